The molecule has 1 N–H and O–H groups in total. The Morgan fingerprint density at radius 2 is 1.78 bits per heavy atom. The minimum Gasteiger partial charge on any atom is -0.339 e. The molecule has 4 nitrogen and oxygen atoms in total. The highest BCUT2D eigenvalue weighted by Crippen LogP contribution is 2.34. The summed E-state index contributed by atoms with van der Waals surface area (Å²) in [5, 5.41) is 5.62. The van der Waals surface area contributed by atoms with Gasteiger partial charge >= 0.3 is 0 Å². The van der Waals surface area contributed by atoms with Crippen molar-refractivity contribution in [2.24, 2.45) is 5.41 Å². The lowest BCUT2D eigenvalue weighted by molar-refractivity contribution is -0.132. The predicted molar refractivity (Wildman–Crippen MR) is 113 cm³/mol. The topological polar surface area (TPSA) is 35.6 Å². The lowest BCUT2D eigenvalue weighted by atomic mass is 9.86. The highest BCUT2D eigenvalue weighted by atomic mass is 32.1. The molecule has 0 spiro atoms. The highest BCUT2D eigenvalue weighted by molar-refractivity contribution is 7.10. The maximum Gasteiger partial charge on any atom is 0.236 e. The summed E-state index contributed by atoms with van der Waals surface area (Å²) in [7, 11) is 0. The summed E-state index contributed by atoms with van der Waals surface area (Å²) in [6.45, 7) is 11.5. The van der Waals surface area contributed by atoms with Crippen LogP contribution < -0.4 is 5.32 Å². The van der Waals surface area contributed by atoms with Crippen LogP contribution in [0.3, 0.4) is 0 Å². The van der Waals surface area contributed by atoms with Crippen molar-refractivity contribution in [2.75, 3.05) is 32.7 Å². The molecule has 0 radical (unpaired) electrons. The zero-order valence-corrected chi connectivity index (χ0v) is 17.5. The van der Waals surface area contributed by atoms with E-state index in [1.807, 2.05) is 11.0 Å². The molecule has 27 heavy (non-hydrogen) atoms. The van der Waals surface area contributed by atoms with Gasteiger partial charge in [0, 0.05) is 43.6 Å². The van der Waals surface area contributed by atoms with Crippen LogP contribution in [0.1, 0.15) is 37.3 Å². The summed E-state index contributed by atoms with van der Waals surface area (Å²) in [5.41, 5.74) is 1.40. The number of nitrogens with zero attached hydrogens (tertiary/aromatic N) is 2. The second kappa shape index (κ2) is 9.00. The van der Waals surface area contributed by atoms with Crippen molar-refractivity contribution >= 4 is 17.2 Å². The molecule has 1 atom stereocenters. The van der Waals surface area contributed by atoms with Gasteiger partial charge in [0.05, 0.1) is 6.54 Å². The molecule has 1 saturated heterocycles. The second-order valence-corrected chi connectivity index (χ2v) is 9.32. The highest BCUT2D eigenvalue weighted by Gasteiger charge is 2.28. The summed E-state index contributed by atoms with van der Waals surface area (Å²) in [4.78, 5) is 18.4. The van der Waals surface area contributed by atoms with Crippen molar-refractivity contribution in [1.82, 2.24) is 15.1 Å². The summed E-state index contributed by atoms with van der Waals surface area (Å²) >= 11 is 1.75. The van der Waals surface area contributed by atoms with E-state index in [4.69, 9.17) is 0 Å². The van der Waals surface area contributed by atoms with Gasteiger partial charge in [0.1, 0.15) is 0 Å². The Bertz CT molecular complexity index is 701. The van der Waals surface area contributed by atoms with E-state index in [0.717, 1.165) is 32.7 Å². The van der Waals surface area contributed by atoms with Crippen LogP contribution in [0.4, 0.5) is 0 Å². The van der Waals surface area contributed by atoms with Crippen LogP contribution in [-0.2, 0) is 11.3 Å². The smallest absolute Gasteiger partial charge is 0.236 e. The van der Waals surface area contributed by atoms with Crippen LogP contribution in [-0.4, -0.2) is 48.4 Å². The fraction of sp³-hybridized carbons (Fsp3) is 0.500. The lowest BCUT2D eigenvalue weighted by Gasteiger charge is -2.36. The summed E-state index contributed by atoms with van der Waals surface area (Å²) in [5.74, 6) is 0.208. The van der Waals surface area contributed by atoms with E-state index in [1.165, 1.54) is 10.4 Å². The Morgan fingerprint density at radius 3 is 2.37 bits per heavy atom. The first-order chi connectivity index (χ1) is 12.9. The fourth-order valence-corrected chi connectivity index (χ4v) is 4.63. The van der Waals surface area contributed by atoms with Crippen molar-refractivity contribution in [1.29, 1.82) is 0 Å². The molecule has 0 saturated carbocycles. The maximum atomic E-state index is 12.7. The Labute approximate surface area is 167 Å². The van der Waals surface area contributed by atoms with E-state index in [2.05, 4.69) is 72.8 Å². The third-order valence-electron chi connectivity index (χ3n) is 5.13. The lowest BCUT2D eigenvalue weighted by Crippen LogP contribution is -2.51. The number of amides is 1. The Kier molecular flexibility index (Phi) is 6.68. The van der Waals surface area contributed by atoms with Gasteiger partial charge in [-0.2, -0.15) is 0 Å². The number of carbonyl (C=O) groups excluding carboxylic acids is 1. The van der Waals surface area contributed by atoms with Gasteiger partial charge in [0.15, 0.2) is 0 Å². The molecular formula is C22H31N3OS. The van der Waals surface area contributed by atoms with Gasteiger partial charge in [-0.3, -0.25) is 9.69 Å². The molecular weight excluding hydrogens is 354 g/mol. The van der Waals surface area contributed by atoms with Gasteiger partial charge in [-0.05, 0) is 22.4 Å². The first-order valence-electron chi connectivity index (χ1n) is 9.74. The molecule has 3 rings (SSSR count). The number of benzene rings is 1. The van der Waals surface area contributed by atoms with Crippen LogP contribution in [0.15, 0.2) is 47.8 Å². The SMILES string of the molecule is CC(C)(C)C(NCC(=O)N1CCN(Cc2ccccc2)CC1)c1cccs1. The van der Waals surface area contributed by atoms with E-state index in [0.29, 0.717) is 6.54 Å². The van der Waals surface area contributed by atoms with Gasteiger partial charge in [-0.15, -0.1) is 11.3 Å². The minimum absolute atomic E-state index is 0.0690. The van der Waals surface area contributed by atoms with E-state index in [9.17, 15) is 4.79 Å². The van der Waals surface area contributed by atoms with E-state index in [1.54, 1.807) is 11.3 Å². The molecule has 1 aliphatic rings. The van der Waals surface area contributed by atoms with Gasteiger partial charge in [0.25, 0.3) is 0 Å². The average Bonchev–Trinajstić information content (AvgIpc) is 3.16. The van der Waals surface area contributed by atoms with Crippen molar-refractivity contribution < 1.29 is 4.79 Å². The van der Waals surface area contributed by atoms with Crippen LogP contribution in [0.5, 0.6) is 0 Å². The number of rotatable bonds is 6. The van der Waals surface area contributed by atoms with Crippen LogP contribution in [0.2, 0.25) is 0 Å². The second-order valence-electron chi connectivity index (χ2n) is 8.34. The van der Waals surface area contributed by atoms with E-state index < -0.39 is 0 Å². The minimum atomic E-state index is 0.0690. The molecule has 146 valence electrons. The van der Waals surface area contributed by atoms with Crippen LogP contribution >= 0.6 is 11.3 Å². The predicted octanol–water partition coefficient (Wildman–Crippen LogP) is 3.77. The molecule has 5 heteroatoms. The third kappa shape index (κ3) is 5.64. The van der Waals surface area contributed by atoms with Crippen molar-refractivity contribution in [3.8, 4) is 0 Å². The van der Waals surface area contributed by atoms with E-state index in [-0.39, 0.29) is 17.4 Å². The Hall–Kier alpha value is -1.69. The number of hydrogen-bond acceptors (Lipinski definition) is 4. The van der Waals surface area contributed by atoms with Crippen LogP contribution in [0.25, 0.3) is 0 Å². The monoisotopic (exact) mass is 385 g/mol. The number of piperazine rings is 1. The molecule has 1 aromatic heterocycles. The number of thiophene rings is 1. The first kappa shape index (κ1) is 20.1. The Morgan fingerprint density at radius 1 is 1.07 bits per heavy atom. The summed E-state index contributed by atoms with van der Waals surface area (Å²) in [6.07, 6.45) is 0. The number of hydrogen-bond donors (Lipinski definition) is 1. The number of nitrogens with one attached hydrogen (secondary N) is 1. The van der Waals surface area contributed by atoms with Crippen LogP contribution in [0, 0.1) is 5.41 Å². The molecule has 1 unspecified atom stereocenters. The standard InChI is InChI=1S/C22H31N3OS/c1-22(2,3)21(19-10-7-15-27-19)23-16-20(26)25-13-11-24(12-14-25)17-18-8-5-4-6-9-18/h4-10,15,21,23H,11-14,16-17H2,1-3H3. The number of carbonyl (C=O) groups is 1. The zero-order chi connectivity index (χ0) is 19.3. The normalized spacial score (nSPS) is 17.1. The third-order valence-corrected chi connectivity index (χ3v) is 6.06. The average molecular weight is 386 g/mol. The van der Waals surface area contributed by atoms with Gasteiger partial charge in [-0.25, -0.2) is 0 Å². The summed E-state index contributed by atoms with van der Waals surface area (Å²) in [6, 6.07) is 15.0. The molecule has 2 heterocycles. The molecule has 1 aliphatic heterocycles. The fourth-order valence-electron chi connectivity index (χ4n) is 3.59. The largest absolute Gasteiger partial charge is 0.339 e. The van der Waals surface area contributed by atoms with Crippen molar-refractivity contribution in [2.45, 2.75) is 33.4 Å². The summed E-state index contributed by atoms with van der Waals surface area (Å²) < 4.78 is 0. The quantitative estimate of drug-likeness (QED) is 0.822. The van der Waals surface area contributed by atoms with Crippen molar-refractivity contribution in [3.63, 3.8) is 0 Å². The molecule has 0 aliphatic carbocycles. The maximum absolute atomic E-state index is 12.7. The molecule has 1 aromatic carbocycles. The van der Waals surface area contributed by atoms with E-state index >= 15 is 0 Å². The zero-order valence-electron chi connectivity index (χ0n) is 16.6. The molecule has 0 bridgehead atoms. The molecule has 2 aromatic rings. The Balaban J connectivity index is 1.48. The van der Waals surface area contributed by atoms with Gasteiger partial charge in [0.2, 0.25) is 5.91 Å². The van der Waals surface area contributed by atoms with Gasteiger partial charge < -0.3 is 10.2 Å². The molecule has 1 fully saturated rings. The van der Waals surface area contributed by atoms with Crippen molar-refractivity contribution in [3.05, 3.63) is 58.3 Å². The molecule has 1 amide bonds. The first-order valence-corrected chi connectivity index (χ1v) is 10.6. The van der Waals surface area contributed by atoms with Gasteiger partial charge in [-0.1, -0.05) is 57.2 Å².